The van der Waals surface area contributed by atoms with Gasteiger partial charge >= 0.3 is 0 Å². The number of amides is 1. The number of nitrogens with zero attached hydrogens (tertiary/aromatic N) is 1. The number of hydrogen-bond donors (Lipinski definition) is 1. The van der Waals surface area contributed by atoms with Crippen molar-refractivity contribution >= 4 is 28.6 Å². The summed E-state index contributed by atoms with van der Waals surface area (Å²) in [5.41, 5.74) is 7.63. The third kappa shape index (κ3) is 3.87. The number of rotatable bonds is 4. The molecular weight excluding hydrogens is 363 g/mol. The van der Waals surface area contributed by atoms with Gasteiger partial charge in [0.25, 0.3) is 5.91 Å². The minimum atomic E-state index is -0.259. The second-order valence-corrected chi connectivity index (χ2v) is 7.85. The molecule has 4 rings (SSSR count). The summed E-state index contributed by atoms with van der Waals surface area (Å²) in [4.78, 5) is 15.8. The largest absolute Gasteiger partial charge is 0.451 e. The molecule has 2 heterocycles. The van der Waals surface area contributed by atoms with Crippen LogP contribution < -0.4 is 5.73 Å². The monoisotopic (exact) mass is 384 g/mol. The van der Waals surface area contributed by atoms with Crippen LogP contribution in [0.1, 0.15) is 29.0 Å². The second-order valence-electron chi connectivity index (χ2n) is 6.80. The number of hydrogen-bond acceptors (Lipinski definition) is 4. The molecule has 27 heavy (non-hydrogen) atoms. The molecule has 140 valence electrons. The molecule has 4 nitrogen and oxygen atoms in total. The Hall–Kier alpha value is -2.31. The van der Waals surface area contributed by atoms with Gasteiger partial charge in [-0.1, -0.05) is 18.2 Å². The third-order valence-electron chi connectivity index (χ3n) is 4.83. The van der Waals surface area contributed by atoms with Crippen molar-refractivity contribution in [2.75, 3.05) is 13.1 Å². The van der Waals surface area contributed by atoms with Crippen LogP contribution >= 0.6 is 11.8 Å². The smallest absolute Gasteiger partial charge is 0.289 e. The lowest BCUT2D eigenvalue weighted by Gasteiger charge is -2.30. The van der Waals surface area contributed by atoms with Gasteiger partial charge in [0.15, 0.2) is 5.76 Å². The van der Waals surface area contributed by atoms with E-state index in [1.807, 2.05) is 24.3 Å². The number of carbonyl (C=O) groups excluding carboxylic acids is 1. The summed E-state index contributed by atoms with van der Waals surface area (Å²) in [5.74, 6) is 0.602. The number of halogens is 1. The average molecular weight is 384 g/mol. The van der Waals surface area contributed by atoms with Gasteiger partial charge in [0, 0.05) is 40.7 Å². The van der Waals surface area contributed by atoms with Crippen molar-refractivity contribution in [1.29, 1.82) is 0 Å². The van der Waals surface area contributed by atoms with Crippen LogP contribution in [-0.2, 0) is 5.75 Å². The van der Waals surface area contributed by atoms with Crippen LogP contribution in [0.25, 0.3) is 11.0 Å². The molecule has 0 spiro atoms. The maximum atomic E-state index is 13.1. The number of furan rings is 1. The second kappa shape index (κ2) is 7.74. The van der Waals surface area contributed by atoms with Crippen LogP contribution in [0.4, 0.5) is 4.39 Å². The SMILES string of the molecule is NC1CCCN(C(=O)c2oc3ccccc3c2CSc2ccc(F)cc2)C1. The number of likely N-dealkylation sites (tertiary alicyclic amines) is 1. The van der Waals surface area contributed by atoms with E-state index in [1.165, 1.54) is 12.1 Å². The molecule has 0 bridgehead atoms. The van der Waals surface area contributed by atoms with Crippen molar-refractivity contribution in [3.8, 4) is 0 Å². The molecule has 6 heteroatoms. The van der Waals surface area contributed by atoms with Gasteiger partial charge in [-0.15, -0.1) is 11.8 Å². The van der Waals surface area contributed by atoms with Crippen molar-refractivity contribution in [1.82, 2.24) is 4.90 Å². The topological polar surface area (TPSA) is 59.5 Å². The van der Waals surface area contributed by atoms with Gasteiger partial charge in [-0.25, -0.2) is 4.39 Å². The van der Waals surface area contributed by atoms with Crippen LogP contribution in [0.2, 0.25) is 0 Å². The van der Waals surface area contributed by atoms with E-state index in [0.29, 0.717) is 30.2 Å². The Morgan fingerprint density at radius 3 is 2.78 bits per heavy atom. The molecule has 0 aliphatic carbocycles. The summed E-state index contributed by atoms with van der Waals surface area (Å²) in [7, 11) is 0. The fourth-order valence-corrected chi connectivity index (χ4v) is 4.37. The van der Waals surface area contributed by atoms with Crippen LogP contribution in [0.5, 0.6) is 0 Å². The highest BCUT2D eigenvalue weighted by Gasteiger charge is 2.28. The van der Waals surface area contributed by atoms with Crippen LogP contribution in [-0.4, -0.2) is 29.9 Å². The number of carbonyl (C=O) groups is 1. The summed E-state index contributed by atoms with van der Waals surface area (Å²) in [6, 6.07) is 14.1. The molecular formula is C21H21FN2O2S. The fourth-order valence-electron chi connectivity index (χ4n) is 3.44. The Labute approximate surface area is 161 Å². The van der Waals surface area contributed by atoms with Gasteiger partial charge in [-0.2, -0.15) is 0 Å². The zero-order valence-corrected chi connectivity index (χ0v) is 15.7. The standard InChI is InChI=1S/C21H21FN2O2S/c22-14-7-9-16(10-8-14)27-13-18-17-5-1-2-6-19(17)26-20(18)21(25)24-11-3-4-15(23)12-24/h1-2,5-10,15H,3-4,11-13,23H2. The van der Waals surface area contributed by atoms with Gasteiger partial charge in [0.1, 0.15) is 11.4 Å². The number of nitrogens with two attached hydrogens (primary N) is 1. The third-order valence-corrected chi connectivity index (χ3v) is 5.87. The molecule has 1 atom stereocenters. The van der Waals surface area contributed by atoms with E-state index in [9.17, 15) is 9.18 Å². The van der Waals surface area contributed by atoms with Crippen molar-refractivity contribution in [3.63, 3.8) is 0 Å². The van der Waals surface area contributed by atoms with Gasteiger partial charge in [0.2, 0.25) is 0 Å². The Morgan fingerprint density at radius 1 is 1.22 bits per heavy atom. The van der Waals surface area contributed by atoms with Crippen LogP contribution in [0, 0.1) is 5.82 Å². The Kier molecular flexibility index (Phi) is 5.18. The molecule has 1 aromatic heterocycles. The van der Waals surface area contributed by atoms with E-state index in [2.05, 4.69) is 0 Å². The summed E-state index contributed by atoms with van der Waals surface area (Å²) in [5, 5.41) is 0.941. The number of benzene rings is 2. The maximum absolute atomic E-state index is 13.1. The van der Waals surface area contributed by atoms with E-state index < -0.39 is 0 Å². The molecule has 3 aromatic rings. The number of thioether (sulfide) groups is 1. The zero-order chi connectivity index (χ0) is 18.8. The first-order chi connectivity index (χ1) is 13.1. The molecule has 1 fully saturated rings. The van der Waals surface area contributed by atoms with E-state index in [0.717, 1.165) is 28.7 Å². The predicted octanol–water partition coefficient (Wildman–Crippen LogP) is 4.43. The molecule has 1 amide bonds. The van der Waals surface area contributed by atoms with Crippen molar-refractivity contribution in [2.45, 2.75) is 29.5 Å². The summed E-state index contributed by atoms with van der Waals surface area (Å²) < 4.78 is 19.1. The lowest BCUT2D eigenvalue weighted by atomic mass is 10.1. The molecule has 2 N–H and O–H groups in total. The first kappa shape index (κ1) is 18.1. The first-order valence-electron chi connectivity index (χ1n) is 9.05. The highest BCUT2D eigenvalue weighted by molar-refractivity contribution is 7.98. The zero-order valence-electron chi connectivity index (χ0n) is 14.9. The van der Waals surface area contributed by atoms with Crippen molar-refractivity contribution < 1.29 is 13.6 Å². The van der Waals surface area contributed by atoms with Crippen molar-refractivity contribution in [2.24, 2.45) is 5.73 Å². The Balaban J connectivity index is 1.64. The lowest BCUT2D eigenvalue weighted by molar-refractivity contribution is 0.0678. The van der Waals surface area contributed by atoms with Crippen molar-refractivity contribution in [3.05, 3.63) is 65.7 Å². The van der Waals surface area contributed by atoms with E-state index >= 15 is 0 Å². The first-order valence-corrected chi connectivity index (χ1v) is 10.0. The molecule has 0 radical (unpaired) electrons. The summed E-state index contributed by atoms with van der Waals surface area (Å²) in [6.07, 6.45) is 1.85. The maximum Gasteiger partial charge on any atom is 0.289 e. The van der Waals surface area contributed by atoms with E-state index in [-0.39, 0.29) is 17.8 Å². The normalized spacial score (nSPS) is 17.4. The molecule has 1 unspecified atom stereocenters. The summed E-state index contributed by atoms with van der Waals surface area (Å²) >= 11 is 1.56. The fraction of sp³-hybridized carbons (Fsp3) is 0.286. The van der Waals surface area contributed by atoms with E-state index in [1.54, 1.807) is 28.8 Å². The highest BCUT2D eigenvalue weighted by atomic mass is 32.2. The Bertz CT molecular complexity index is 954. The molecule has 2 aromatic carbocycles. The lowest BCUT2D eigenvalue weighted by Crippen LogP contribution is -2.45. The minimum absolute atomic E-state index is 0.0177. The highest BCUT2D eigenvalue weighted by Crippen LogP contribution is 2.33. The van der Waals surface area contributed by atoms with Gasteiger partial charge in [0.05, 0.1) is 0 Å². The predicted molar refractivity (Wildman–Crippen MR) is 105 cm³/mol. The number of piperidine rings is 1. The summed E-state index contributed by atoms with van der Waals surface area (Å²) in [6.45, 7) is 1.26. The Morgan fingerprint density at radius 2 is 2.00 bits per heavy atom. The molecule has 0 saturated carbocycles. The van der Waals surface area contributed by atoms with Crippen LogP contribution in [0.3, 0.4) is 0 Å². The average Bonchev–Trinajstić information content (AvgIpc) is 3.05. The number of para-hydroxylation sites is 1. The molecule has 1 saturated heterocycles. The molecule has 1 aliphatic heterocycles. The molecule has 1 aliphatic rings. The van der Waals surface area contributed by atoms with Gasteiger partial charge in [-0.3, -0.25) is 4.79 Å². The van der Waals surface area contributed by atoms with Gasteiger partial charge < -0.3 is 15.1 Å². The van der Waals surface area contributed by atoms with E-state index in [4.69, 9.17) is 10.2 Å². The minimum Gasteiger partial charge on any atom is -0.451 e. The van der Waals surface area contributed by atoms with Gasteiger partial charge in [-0.05, 0) is 43.2 Å². The number of fused-ring (bicyclic) bond motifs is 1. The van der Waals surface area contributed by atoms with Crippen LogP contribution in [0.15, 0.2) is 57.8 Å². The quantitative estimate of drug-likeness (QED) is 0.676.